The number of ether oxygens (including phenoxy) is 4. The van der Waals surface area contributed by atoms with E-state index in [1.165, 1.54) is 24.3 Å². The minimum Gasteiger partial charge on any atom is -0.489 e. The lowest BCUT2D eigenvalue weighted by Gasteiger charge is -2.15. The smallest absolute Gasteiger partial charge is 0.342 e. The first-order valence-corrected chi connectivity index (χ1v) is 7.58. The van der Waals surface area contributed by atoms with Gasteiger partial charge in [0.2, 0.25) is 0 Å². The molecule has 24 heavy (non-hydrogen) atoms. The first-order chi connectivity index (χ1) is 11.6. The van der Waals surface area contributed by atoms with Crippen LogP contribution in [-0.4, -0.2) is 38.4 Å². The zero-order chi connectivity index (χ0) is 17.9. The summed E-state index contributed by atoms with van der Waals surface area (Å²) in [7, 11) is 0. The highest BCUT2D eigenvalue weighted by atomic mass is 16.5. The van der Waals surface area contributed by atoms with Crippen LogP contribution in [0.3, 0.4) is 0 Å². The van der Waals surface area contributed by atoms with Crippen molar-refractivity contribution in [3.05, 3.63) is 48.6 Å². The summed E-state index contributed by atoms with van der Waals surface area (Å²) in [6, 6.07) is 2.82. The maximum Gasteiger partial charge on any atom is 0.342 e. The summed E-state index contributed by atoms with van der Waals surface area (Å²) >= 11 is 0. The van der Waals surface area contributed by atoms with Crippen molar-refractivity contribution >= 4 is 11.9 Å². The fraction of sp³-hybridized carbons (Fsp3) is 0.333. The molecule has 0 unspecified atom stereocenters. The number of hydrogen-bond acceptors (Lipinski definition) is 6. The molecule has 0 aromatic heterocycles. The fourth-order valence-corrected chi connectivity index (χ4v) is 1.83. The van der Waals surface area contributed by atoms with Gasteiger partial charge in [-0.05, 0) is 26.0 Å². The number of carbonyl (C=O) groups is 2. The lowest BCUT2D eigenvalue weighted by molar-refractivity contribution is 0.0504. The largest absolute Gasteiger partial charge is 0.489 e. The zero-order valence-corrected chi connectivity index (χ0v) is 14.0. The summed E-state index contributed by atoms with van der Waals surface area (Å²) < 4.78 is 21.0. The first-order valence-electron chi connectivity index (χ1n) is 7.58. The van der Waals surface area contributed by atoms with Crippen LogP contribution in [0.25, 0.3) is 0 Å². The highest BCUT2D eigenvalue weighted by molar-refractivity contribution is 5.98. The Labute approximate surface area is 141 Å². The molecule has 0 aliphatic rings. The molecule has 1 aromatic rings. The van der Waals surface area contributed by atoms with E-state index in [1.54, 1.807) is 13.8 Å². The Bertz CT molecular complexity index is 552. The van der Waals surface area contributed by atoms with Crippen LogP contribution in [-0.2, 0) is 9.47 Å². The van der Waals surface area contributed by atoms with Crippen LogP contribution in [0.1, 0.15) is 34.6 Å². The molecule has 0 saturated carbocycles. The van der Waals surface area contributed by atoms with Gasteiger partial charge in [0.25, 0.3) is 0 Å². The number of rotatable bonds is 10. The van der Waals surface area contributed by atoms with Gasteiger partial charge < -0.3 is 18.9 Å². The highest BCUT2D eigenvalue weighted by Crippen LogP contribution is 2.30. The first kappa shape index (κ1) is 19.3. The van der Waals surface area contributed by atoms with Gasteiger partial charge in [0.15, 0.2) is 0 Å². The Balaban J connectivity index is 3.39. The van der Waals surface area contributed by atoms with Gasteiger partial charge >= 0.3 is 11.9 Å². The van der Waals surface area contributed by atoms with Gasteiger partial charge in [-0.15, -0.1) is 0 Å². The van der Waals surface area contributed by atoms with E-state index in [4.69, 9.17) is 18.9 Å². The average Bonchev–Trinajstić information content (AvgIpc) is 2.58. The van der Waals surface area contributed by atoms with Crippen molar-refractivity contribution in [1.82, 2.24) is 0 Å². The lowest BCUT2D eigenvalue weighted by Crippen LogP contribution is -2.13. The molecule has 0 fully saturated rings. The fourth-order valence-electron chi connectivity index (χ4n) is 1.83. The van der Waals surface area contributed by atoms with Crippen LogP contribution in [0.2, 0.25) is 0 Å². The van der Waals surface area contributed by atoms with E-state index < -0.39 is 11.9 Å². The predicted octanol–water partition coefficient (Wildman–Crippen LogP) is 3.17. The monoisotopic (exact) mass is 334 g/mol. The lowest BCUT2D eigenvalue weighted by atomic mass is 10.1. The molecule has 1 aromatic carbocycles. The van der Waals surface area contributed by atoms with E-state index in [0.29, 0.717) is 0 Å². The van der Waals surface area contributed by atoms with E-state index in [1.807, 2.05) is 0 Å². The van der Waals surface area contributed by atoms with Crippen LogP contribution in [0, 0.1) is 0 Å². The maximum atomic E-state index is 12.1. The van der Waals surface area contributed by atoms with Crippen molar-refractivity contribution < 1.29 is 28.5 Å². The third-order valence-corrected chi connectivity index (χ3v) is 2.79. The third-order valence-electron chi connectivity index (χ3n) is 2.79. The Morgan fingerprint density at radius 2 is 1.25 bits per heavy atom. The Kier molecular flexibility index (Phi) is 8.11. The SMILES string of the molecule is C=CCOc1cc(C(=O)OCC)c(OCC=C)cc1C(=O)OCC. The minimum absolute atomic E-state index is 0.158. The summed E-state index contributed by atoms with van der Waals surface area (Å²) in [4.78, 5) is 24.3. The van der Waals surface area contributed by atoms with Gasteiger partial charge in [-0.2, -0.15) is 0 Å². The quantitative estimate of drug-likeness (QED) is 0.483. The Morgan fingerprint density at radius 3 is 1.54 bits per heavy atom. The molecule has 0 spiro atoms. The van der Waals surface area contributed by atoms with E-state index >= 15 is 0 Å². The van der Waals surface area contributed by atoms with Gasteiger partial charge in [0, 0.05) is 0 Å². The Hall–Kier alpha value is -2.76. The zero-order valence-electron chi connectivity index (χ0n) is 14.0. The van der Waals surface area contributed by atoms with Crippen LogP contribution in [0.4, 0.5) is 0 Å². The second kappa shape index (κ2) is 10.1. The minimum atomic E-state index is -0.574. The molecule has 0 atom stereocenters. The number of esters is 2. The van der Waals surface area contributed by atoms with Gasteiger partial charge in [-0.1, -0.05) is 25.3 Å². The molecule has 0 bridgehead atoms. The van der Waals surface area contributed by atoms with Gasteiger partial charge in [0.1, 0.15) is 35.8 Å². The second-order valence-electron chi connectivity index (χ2n) is 4.48. The number of carbonyl (C=O) groups excluding carboxylic acids is 2. The van der Waals surface area contributed by atoms with Crippen LogP contribution >= 0.6 is 0 Å². The molecular weight excluding hydrogens is 312 g/mol. The van der Waals surface area contributed by atoms with Crippen LogP contribution in [0.15, 0.2) is 37.4 Å². The molecule has 0 amide bonds. The van der Waals surface area contributed by atoms with Crippen molar-refractivity contribution in [3.63, 3.8) is 0 Å². The molecule has 0 N–H and O–H groups in total. The number of hydrogen-bond donors (Lipinski definition) is 0. The van der Waals surface area contributed by atoms with Gasteiger partial charge in [0.05, 0.1) is 13.2 Å². The highest BCUT2D eigenvalue weighted by Gasteiger charge is 2.23. The van der Waals surface area contributed by atoms with E-state index in [-0.39, 0.29) is 49.1 Å². The normalized spacial score (nSPS) is 9.75. The van der Waals surface area contributed by atoms with Crippen LogP contribution < -0.4 is 9.47 Å². The molecular formula is C18H22O6. The average molecular weight is 334 g/mol. The molecule has 1 rings (SSSR count). The topological polar surface area (TPSA) is 71.1 Å². The summed E-state index contributed by atoms with van der Waals surface area (Å²) in [5, 5.41) is 0. The van der Waals surface area contributed by atoms with Crippen LogP contribution in [0.5, 0.6) is 11.5 Å². The third kappa shape index (κ3) is 5.15. The summed E-state index contributed by atoms with van der Waals surface area (Å²) in [5.41, 5.74) is 0.316. The summed E-state index contributed by atoms with van der Waals surface area (Å²) in [5.74, 6) is -0.754. The van der Waals surface area contributed by atoms with Crippen molar-refractivity contribution in [2.45, 2.75) is 13.8 Å². The van der Waals surface area contributed by atoms with Crippen molar-refractivity contribution in [2.24, 2.45) is 0 Å². The second-order valence-corrected chi connectivity index (χ2v) is 4.48. The molecule has 0 aliphatic heterocycles. The molecule has 6 nitrogen and oxygen atoms in total. The standard InChI is InChI=1S/C18H22O6/c1-5-9-23-15-11-14(18(20)22-8-4)16(24-10-6-2)12-13(15)17(19)21-7-3/h5-6,11-12H,1-2,7-10H2,3-4H3. The van der Waals surface area contributed by atoms with E-state index in [2.05, 4.69) is 13.2 Å². The van der Waals surface area contributed by atoms with E-state index in [9.17, 15) is 9.59 Å². The van der Waals surface area contributed by atoms with Gasteiger partial charge in [-0.3, -0.25) is 0 Å². The van der Waals surface area contributed by atoms with Crippen molar-refractivity contribution in [1.29, 1.82) is 0 Å². The molecule has 130 valence electrons. The van der Waals surface area contributed by atoms with E-state index in [0.717, 1.165) is 0 Å². The van der Waals surface area contributed by atoms with Crippen molar-refractivity contribution in [3.8, 4) is 11.5 Å². The van der Waals surface area contributed by atoms with Gasteiger partial charge in [-0.25, -0.2) is 9.59 Å². The molecule has 0 heterocycles. The summed E-state index contributed by atoms with van der Waals surface area (Å²) in [6.07, 6.45) is 3.06. The Morgan fingerprint density at radius 1 is 0.875 bits per heavy atom. The number of benzene rings is 1. The van der Waals surface area contributed by atoms with Crippen molar-refractivity contribution in [2.75, 3.05) is 26.4 Å². The molecule has 0 radical (unpaired) electrons. The molecule has 0 saturated heterocycles. The molecule has 0 aliphatic carbocycles. The summed E-state index contributed by atoms with van der Waals surface area (Å²) in [6.45, 7) is 11.3. The predicted molar refractivity (Wildman–Crippen MR) is 89.7 cm³/mol. The maximum absolute atomic E-state index is 12.1. The molecule has 6 heteroatoms.